The van der Waals surface area contributed by atoms with Gasteiger partial charge in [-0.3, -0.25) is 4.79 Å². The number of hydrogen-bond donors (Lipinski definition) is 0. The molecule has 0 atom stereocenters. The molecule has 0 bridgehead atoms. The number of methoxy groups -OCH3 is 1. The second-order valence-corrected chi connectivity index (χ2v) is 3.84. The molecule has 0 unspecified atom stereocenters. The fraction of sp³-hybridized carbons (Fsp3) is 0.231. The van der Waals surface area contributed by atoms with Gasteiger partial charge in [0.2, 0.25) is 0 Å². The van der Waals surface area contributed by atoms with Crippen molar-refractivity contribution >= 4 is 5.78 Å². The van der Waals surface area contributed by atoms with Crippen LogP contribution in [0.5, 0.6) is 5.75 Å². The van der Waals surface area contributed by atoms with E-state index in [1.54, 1.807) is 17.9 Å². The van der Waals surface area contributed by atoms with Crippen LogP contribution in [0.4, 0.5) is 0 Å². The zero-order chi connectivity index (χ0) is 12.4. The van der Waals surface area contributed by atoms with Gasteiger partial charge in [0.15, 0.2) is 5.78 Å². The molecular weight excluding hydrogens is 216 g/mol. The zero-order valence-electron chi connectivity index (χ0n) is 10.1. The maximum Gasteiger partial charge on any atom is 0.178 e. The van der Waals surface area contributed by atoms with Crippen LogP contribution in [0.2, 0.25) is 0 Å². The van der Waals surface area contributed by atoms with Gasteiger partial charge in [0.25, 0.3) is 0 Å². The normalized spacial score (nSPS) is 10.3. The van der Waals surface area contributed by atoms with Gasteiger partial charge in [-0.05, 0) is 25.1 Å². The van der Waals surface area contributed by atoms with Gasteiger partial charge in [-0.2, -0.15) is 5.10 Å². The Morgan fingerprint density at radius 3 is 2.76 bits per heavy atom. The second kappa shape index (κ2) is 4.41. The van der Waals surface area contributed by atoms with Crippen LogP contribution in [0, 0.1) is 6.92 Å². The molecule has 0 amide bonds. The van der Waals surface area contributed by atoms with Crippen molar-refractivity contribution < 1.29 is 9.53 Å². The number of Topliss-reactive ketones (excluding diaryl/α,β-unsaturated/α-hetero) is 1. The molecule has 0 saturated heterocycles. The lowest BCUT2D eigenvalue weighted by molar-refractivity contribution is 0.101. The Balaban J connectivity index is 2.55. The van der Waals surface area contributed by atoms with Crippen molar-refractivity contribution in [2.24, 2.45) is 0 Å². The zero-order valence-corrected chi connectivity index (χ0v) is 10.1. The molecule has 4 heteroatoms. The SMILES string of the molecule is COc1cccc(-n2nc(C)cc2C(C)=O)c1. The summed E-state index contributed by atoms with van der Waals surface area (Å²) in [5.41, 5.74) is 2.22. The minimum absolute atomic E-state index is 0.00609. The van der Waals surface area contributed by atoms with E-state index < -0.39 is 0 Å². The molecule has 4 nitrogen and oxygen atoms in total. The molecule has 0 saturated carbocycles. The monoisotopic (exact) mass is 230 g/mol. The number of benzene rings is 1. The van der Waals surface area contributed by atoms with Crippen molar-refractivity contribution in [1.29, 1.82) is 0 Å². The molecular formula is C13H14N2O2. The van der Waals surface area contributed by atoms with E-state index in [1.165, 1.54) is 6.92 Å². The first kappa shape index (κ1) is 11.4. The van der Waals surface area contributed by atoms with E-state index in [2.05, 4.69) is 5.10 Å². The highest BCUT2D eigenvalue weighted by Crippen LogP contribution is 2.18. The molecule has 0 fully saturated rings. The van der Waals surface area contributed by atoms with Crippen molar-refractivity contribution in [1.82, 2.24) is 9.78 Å². The summed E-state index contributed by atoms with van der Waals surface area (Å²) in [7, 11) is 1.61. The molecule has 0 aliphatic rings. The van der Waals surface area contributed by atoms with E-state index >= 15 is 0 Å². The lowest BCUT2D eigenvalue weighted by Crippen LogP contribution is -2.06. The highest BCUT2D eigenvalue weighted by atomic mass is 16.5. The lowest BCUT2D eigenvalue weighted by atomic mass is 10.2. The van der Waals surface area contributed by atoms with Crippen LogP contribution in [0.3, 0.4) is 0 Å². The third-order valence-corrected chi connectivity index (χ3v) is 2.49. The fourth-order valence-corrected chi connectivity index (χ4v) is 1.69. The summed E-state index contributed by atoms with van der Waals surface area (Å²) >= 11 is 0. The van der Waals surface area contributed by atoms with Gasteiger partial charge >= 0.3 is 0 Å². The minimum atomic E-state index is -0.00609. The summed E-state index contributed by atoms with van der Waals surface area (Å²) in [4.78, 5) is 11.5. The van der Waals surface area contributed by atoms with E-state index in [9.17, 15) is 4.79 Å². The van der Waals surface area contributed by atoms with Crippen LogP contribution in [-0.2, 0) is 0 Å². The smallest absolute Gasteiger partial charge is 0.178 e. The standard InChI is InChI=1S/C13H14N2O2/c1-9-7-13(10(2)16)15(14-9)11-5-4-6-12(8-11)17-3/h4-8H,1-3H3. The summed E-state index contributed by atoms with van der Waals surface area (Å²) in [6.07, 6.45) is 0. The Morgan fingerprint density at radius 1 is 1.35 bits per heavy atom. The van der Waals surface area contributed by atoms with Crippen LogP contribution in [-0.4, -0.2) is 22.7 Å². The summed E-state index contributed by atoms with van der Waals surface area (Å²) in [5, 5.41) is 4.32. The molecule has 2 aromatic rings. The lowest BCUT2D eigenvalue weighted by Gasteiger charge is -2.06. The van der Waals surface area contributed by atoms with Crippen LogP contribution in [0.25, 0.3) is 5.69 Å². The number of rotatable bonds is 3. The number of ether oxygens (including phenoxy) is 1. The molecule has 2 rings (SSSR count). The molecule has 1 aromatic carbocycles. The number of carbonyl (C=O) groups is 1. The second-order valence-electron chi connectivity index (χ2n) is 3.84. The predicted octanol–water partition coefficient (Wildman–Crippen LogP) is 2.39. The molecule has 0 N–H and O–H groups in total. The number of ketones is 1. The van der Waals surface area contributed by atoms with Gasteiger partial charge in [-0.15, -0.1) is 0 Å². The number of carbonyl (C=O) groups excluding carboxylic acids is 1. The Hall–Kier alpha value is -2.10. The van der Waals surface area contributed by atoms with E-state index in [0.717, 1.165) is 17.1 Å². The maximum absolute atomic E-state index is 11.5. The molecule has 0 radical (unpaired) electrons. The van der Waals surface area contributed by atoms with Crippen molar-refractivity contribution in [3.63, 3.8) is 0 Å². The first-order chi connectivity index (χ1) is 8.11. The summed E-state index contributed by atoms with van der Waals surface area (Å²) in [5.74, 6) is 0.735. The largest absolute Gasteiger partial charge is 0.497 e. The first-order valence-corrected chi connectivity index (χ1v) is 5.34. The number of hydrogen-bond acceptors (Lipinski definition) is 3. The van der Waals surface area contributed by atoms with E-state index in [-0.39, 0.29) is 5.78 Å². The van der Waals surface area contributed by atoms with E-state index in [0.29, 0.717) is 5.69 Å². The molecule has 1 aromatic heterocycles. The topological polar surface area (TPSA) is 44.1 Å². The van der Waals surface area contributed by atoms with E-state index in [1.807, 2.05) is 31.2 Å². The highest BCUT2D eigenvalue weighted by molar-refractivity contribution is 5.93. The highest BCUT2D eigenvalue weighted by Gasteiger charge is 2.11. The summed E-state index contributed by atoms with van der Waals surface area (Å²) < 4.78 is 6.80. The Labute approximate surface area is 99.8 Å². The summed E-state index contributed by atoms with van der Waals surface area (Å²) in [6.45, 7) is 3.40. The van der Waals surface area contributed by atoms with Gasteiger partial charge in [0.1, 0.15) is 11.4 Å². The molecule has 88 valence electrons. The number of aryl methyl sites for hydroxylation is 1. The average molecular weight is 230 g/mol. The van der Waals surface area contributed by atoms with Crippen LogP contribution in [0.1, 0.15) is 23.1 Å². The van der Waals surface area contributed by atoms with E-state index in [4.69, 9.17) is 4.74 Å². The molecule has 0 aliphatic carbocycles. The third kappa shape index (κ3) is 2.20. The maximum atomic E-state index is 11.5. The van der Waals surface area contributed by atoms with Crippen molar-refractivity contribution in [3.05, 3.63) is 41.7 Å². The quantitative estimate of drug-likeness (QED) is 0.760. The third-order valence-electron chi connectivity index (χ3n) is 2.49. The average Bonchev–Trinajstić information content (AvgIpc) is 2.72. The van der Waals surface area contributed by atoms with Crippen LogP contribution in [0.15, 0.2) is 30.3 Å². The van der Waals surface area contributed by atoms with Gasteiger partial charge < -0.3 is 4.74 Å². The van der Waals surface area contributed by atoms with Crippen LogP contribution < -0.4 is 4.74 Å². The Kier molecular flexibility index (Phi) is 2.95. The molecule has 1 heterocycles. The Bertz CT molecular complexity index is 558. The molecule has 0 spiro atoms. The fourth-order valence-electron chi connectivity index (χ4n) is 1.69. The van der Waals surface area contributed by atoms with Gasteiger partial charge in [-0.1, -0.05) is 6.07 Å². The van der Waals surface area contributed by atoms with Crippen LogP contribution >= 0.6 is 0 Å². The van der Waals surface area contributed by atoms with Crippen molar-refractivity contribution in [3.8, 4) is 11.4 Å². The van der Waals surface area contributed by atoms with Crippen molar-refractivity contribution in [2.45, 2.75) is 13.8 Å². The van der Waals surface area contributed by atoms with Gasteiger partial charge in [0.05, 0.1) is 18.5 Å². The molecule has 17 heavy (non-hydrogen) atoms. The number of aromatic nitrogens is 2. The summed E-state index contributed by atoms with van der Waals surface area (Å²) in [6, 6.07) is 9.24. The predicted molar refractivity (Wildman–Crippen MR) is 64.9 cm³/mol. The van der Waals surface area contributed by atoms with Gasteiger partial charge in [0, 0.05) is 13.0 Å². The van der Waals surface area contributed by atoms with Crippen molar-refractivity contribution in [2.75, 3.05) is 7.11 Å². The molecule has 0 aliphatic heterocycles. The number of nitrogens with zero attached hydrogens (tertiary/aromatic N) is 2. The first-order valence-electron chi connectivity index (χ1n) is 5.34. The Morgan fingerprint density at radius 2 is 2.12 bits per heavy atom. The minimum Gasteiger partial charge on any atom is -0.497 e. The van der Waals surface area contributed by atoms with Gasteiger partial charge in [-0.25, -0.2) is 4.68 Å².